The molecule has 5 heteroatoms. The Bertz CT molecular complexity index is 543. The van der Waals surface area contributed by atoms with Gasteiger partial charge in [-0.15, -0.1) is 0 Å². The van der Waals surface area contributed by atoms with Crippen LogP contribution in [-0.4, -0.2) is 0 Å². The largest absolute Gasteiger partial charge is 0.472 e. The zero-order valence-corrected chi connectivity index (χ0v) is 8.14. The lowest BCUT2D eigenvalue weighted by Gasteiger charge is -1.97. The number of allylic oxidation sites excluding steroid dienone is 2. The number of hydrogen-bond acceptors (Lipinski definition) is 5. The van der Waals surface area contributed by atoms with Gasteiger partial charge in [-0.25, -0.2) is 0 Å². The van der Waals surface area contributed by atoms with Gasteiger partial charge >= 0.3 is 0 Å². The summed E-state index contributed by atoms with van der Waals surface area (Å²) in [6.45, 7) is 0. The number of nitrogens with zero attached hydrogens (tertiary/aromatic N) is 3. The van der Waals surface area contributed by atoms with Crippen molar-refractivity contribution in [2.24, 2.45) is 5.73 Å². The molecule has 5 nitrogen and oxygen atoms in total. The van der Waals surface area contributed by atoms with Crippen LogP contribution >= 0.6 is 0 Å². The number of hydrogen-bond donors (Lipinski definition) is 1. The van der Waals surface area contributed by atoms with Crippen LogP contribution in [0.1, 0.15) is 5.56 Å². The first kappa shape index (κ1) is 11.1. The highest BCUT2D eigenvalue weighted by Crippen LogP contribution is 2.13. The monoisotopic (exact) mass is 210 g/mol. The predicted molar refractivity (Wildman–Crippen MR) is 54.7 cm³/mol. The van der Waals surface area contributed by atoms with E-state index in [4.69, 9.17) is 25.9 Å². The second kappa shape index (κ2) is 5.05. The molecule has 76 valence electrons. The van der Waals surface area contributed by atoms with E-state index in [2.05, 4.69) is 0 Å². The van der Waals surface area contributed by atoms with Crippen molar-refractivity contribution in [3.05, 3.63) is 41.0 Å². The zero-order valence-electron chi connectivity index (χ0n) is 8.14. The third-order valence-corrected chi connectivity index (χ3v) is 1.76. The summed E-state index contributed by atoms with van der Waals surface area (Å²) in [6, 6.07) is 6.70. The Hall–Kier alpha value is -2.97. The average Bonchev–Trinajstić information content (AvgIpc) is 2.80. The van der Waals surface area contributed by atoms with Gasteiger partial charge in [-0.3, -0.25) is 0 Å². The molecule has 0 saturated heterocycles. The van der Waals surface area contributed by atoms with Gasteiger partial charge in [0, 0.05) is 5.56 Å². The molecule has 0 fully saturated rings. The Kier molecular flexibility index (Phi) is 3.50. The topological polar surface area (TPSA) is 111 Å². The van der Waals surface area contributed by atoms with Crippen LogP contribution in [0.15, 0.2) is 39.9 Å². The van der Waals surface area contributed by atoms with Crippen molar-refractivity contribution in [1.29, 1.82) is 15.8 Å². The van der Waals surface area contributed by atoms with E-state index < -0.39 is 0 Å². The Labute approximate surface area is 91.9 Å². The van der Waals surface area contributed by atoms with Gasteiger partial charge in [0.05, 0.1) is 23.8 Å². The first-order chi connectivity index (χ1) is 7.72. The molecule has 0 aliphatic rings. The Morgan fingerprint density at radius 2 is 1.94 bits per heavy atom. The molecule has 0 aliphatic heterocycles. The van der Waals surface area contributed by atoms with E-state index in [0.717, 1.165) is 0 Å². The van der Waals surface area contributed by atoms with Crippen LogP contribution in [-0.2, 0) is 0 Å². The predicted octanol–water partition coefficient (Wildman–Crippen LogP) is 1.45. The fourth-order valence-electron chi connectivity index (χ4n) is 0.974. The third-order valence-electron chi connectivity index (χ3n) is 1.76. The molecule has 1 aromatic rings. The van der Waals surface area contributed by atoms with Crippen LogP contribution in [0.5, 0.6) is 0 Å². The highest BCUT2D eigenvalue weighted by atomic mass is 16.3. The molecular formula is C11H6N4O. The van der Waals surface area contributed by atoms with Crippen molar-refractivity contribution in [3.63, 3.8) is 0 Å². The molecule has 1 heterocycles. The summed E-state index contributed by atoms with van der Waals surface area (Å²) in [6.07, 6.45) is 4.30. The zero-order chi connectivity index (χ0) is 12.0. The van der Waals surface area contributed by atoms with Gasteiger partial charge in [0.1, 0.15) is 18.2 Å². The Morgan fingerprint density at radius 3 is 2.38 bits per heavy atom. The molecule has 0 radical (unpaired) electrons. The number of nitrogens with two attached hydrogens (primary N) is 1. The minimum atomic E-state index is -0.281. The molecule has 0 aromatic carbocycles. The van der Waals surface area contributed by atoms with Crippen LogP contribution in [0.25, 0.3) is 6.08 Å². The van der Waals surface area contributed by atoms with Gasteiger partial charge in [0.15, 0.2) is 5.57 Å². The smallest absolute Gasteiger partial charge is 0.153 e. The summed E-state index contributed by atoms with van der Waals surface area (Å²) in [4.78, 5) is 0. The van der Waals surface area contributed by atoms with Crippen molar-refractivity contribution < 1.29 is 4.42 Å². The van der Waals surface area contributed by atoms with Crippen molar-refractivity contribution >= 4 is 6.08 Å². The summed E-state index contributed by atoms with van der Waals surface area (Å²) in [7, 11) is 0. The lowest BCUT2D eigenvalue weighted by molar-refractivity contribution is 0.567. The minimum absolute atomic E-state index is 0.0551. The van der Waals surface area contributed by atoms with Crippen LogP contribution < -0.4 is 5.73 Å². The molecule has 0 amide bonds. The SMILES string of the molecule is N#CC(=Cc1ccoc1)C(N)=C(C#N)C#N. The molecular weight excluding hydrogens is 204 g/mol. The summed E-state index contributed by atoms with van der Waals surface area (Å²) in [5, 5.41) is 26.1. The van der Waals surface area contributed by atoms with E-state index in [9.17, 15) is 0 Å². The standard InChI is InChI=1S/C11H6N4O/c12-4-9(3-8-1-2-16-7-8)11(15)10(5-13)6-14/h1-3,7H,15H2. The normalized spacial score (nSPS) is 9.69. The number of nitriles is 3. The fraction of sp³-hybridized carbons (Fsp3) is 0. The van der Waals surface area contributed by atoms with Crippen LogP contribution in [0.4, 0.5) is 0 Å². The molecule has 0 unspecified atom stereocenters. The summed E-state index contributed by atoms with van der Waals surface area (Å²) < 4.78 is 4.81. The number of rotatable bonds is 2. The molecule has 0 spiro atoms. The third kappa shape index (κ3) is 2.29. The van der Waals surface area contributed by atoms with Gasteiger partial charge in [-0.1, -0.05) is 0 Å². The lowest BCUT2D eigenvalue weighted by Crippen LogP contribution is -2.03. The van der Waals surface area contributed by atoms with Crippen molar-refractivity contribution in [1.82, 2.24) is 0 Å². The first-order valence-electron chi connectivity index (χ1n) is 4.17. The Morgan fingerprint density at radius 1 is 1.25 bits per heavy atom. The molecule has 2 N–H and O–H groups in total. The fourth-order valence-corrected chi connectivity index (χ4v) is 0.974. The maximum atomic E-state index is 8.85. The van der Waals surface area contributed by atoms with Crippen molar-refractivity contribution in [2.45, 2.75) is 0 Å². The molecule has 0 aliphatic carbocycles. The quantitative estimate of drug-likeness (QED) is 0.586. The molecule has 1 aromatic heterocycles. The minimum Gasteiger partial charge on any atom is -0.472 e. The second-order valence-electron chi connectivity index (χ2n) is 2.74. The van der Waals surface area contributed by atoms with E-state index in [1.807, 2.05) is 6.07 Å². The second-order valence-corrected chi connectivity index (χ2v) is 2.74. The maximum absolute atomic E-state index is 8.85. The molecule has 0 atom stereocenters. The highest BCUT2D eigenvalue weighted by molar-refractivity contribution is 5.65. The summed E-state index contributed by atoms with van der Waals surface area (Å²) in [5.74, 6) is 0. The van der Waals surface area contributed by atoms with E-state index >= 15 is 0 Å². The number of furan rings is 1. The van der Waals surface area contributed by atoms with Gasteiger partial charge in [-0.2, -0.15) is 15.8 Å². The van der Waals surface area contributed by atoms with Gasteiger partial charge in [-0.05, 0) is 12.1 Å². The summed E-state index contributed by atoms with van der Waals surface area (Å²) >= 11 is 0. The lowest BCUT2D eigenvalue weighted by atomic mass is 10.1. The van der Waals surface area contributed by atoms with Crippen LogP contribution in [0.2, 0.25) is 0 Å². The van der Waals surface area contributed by atoms with Crippen LogP contribution in [0, 0.1) is 34.0 Å². The van der Waals surface area contributed by atoms with E-state index in [-0.39, 0.29) is 16.8 Å². The maximum Gasteiger partial charge on any atom is 0.153 e. The van der Waals surface area contributed by atoms with E-state index in [1.54, 1.807) is 18.2 Å². The molecule has 0 saturated carbocycles. The first-order valence-corrected chi connectivity index (χ1v) is 4.17. The van der Waals surface area contributed by atoms with E-state index in [0.29, 0.717) is 5.56 Å². The van der Waals surface area contributed by atoms with Gasteiger partial charge in [0.2, 0.25) is 0 Å². The molecule has 16 heavy (non-hydrogen) atoms. The van der Waals surface area contributed by atoms with E-state index in [1.165, 1.54) is 18.6 Å². The highest BCUT2D eigenvalue weighted by Gasteiger charge is 2.07. The van der Waals surface area contributed by atoms with Crippen molar-refractivity contribution in [2.75, 3.05) is 0 Å². The van der Waals surface area contributed by atoms with Crippen LogP contribution in [0.3, 0.4) is 0 Å². The summed E-state index contributed by atoms with van der Waals surface area (Å²) in [5.41, 5.74) is 5.80. The average molecular weight is 210 g/mol. The van der Waals surface area contributed by atoms with Crippen molar-refractivity contribution in [3.8, 4) is 18.2 Å². The Balaban J connectivity index is 3.22. The molecule has 1 rings (SSSR count). The van der Waals surface area contributed by atoms with Gasteiger partial charge < -0.3 is 10.2 Å². The van der Waals surface area contributed by atoms with Gasteiger partial charge in [0.25, 0.3) is 0 Å². The molecule has 0 bridgehead atoms.